The number of aliphatic imine (C=N–C) groups is 2. The summed E-state index contributed by atoms with van der Waals surface area (Å²) in [6, 6.07) is 22.7. The van der Waals surface area contributed by atoms with Gasteiger partial charge in [-0.25, -0.2) is 14.8 Å². The number of benzene rings is 4. The van der Waals surface area contributed by atoms with Crippen LogP contribution in [0.4, 0.5) is 16.2 Å². The molecular weight excluding hydrogens is 717 g/mol. The van der Waals surface area contributed by atoms with Gasteiger partial charge in [-0.1, -0.05) is 48.5 Å². The highest BCUT2D eigenvalue weighted by atomic mass is 32.2. The number of nitrogens with zero attached hydrogens (tertiary/aromatic N) is 2. The van der Waals surface area contributed by atoms with Gasteiger partial charge < -0.3 is 20.8 Å². The minimum atomic E-state index is -4.70. The van der Waals surface area contributed by atoms with E-state index in [-0.39, 0.29) is 44.8 Å². The van der Waals surface area contributed by atoms with Crippen LogP contribution in [0.15, 0.2) is 131 Å². The predicted molar refractivity (Wildman–Crippen MR) is 190 cm³/mol. The number of carbonyl (C=O) groups excluding carboxylic acids is 3. The lowest BCUT2D eigenvalue weighted by Gasteiger charge is -2.22. The van der Waals surface area contributed by atoms with Crippen LogP contribution in [0.25, 0.3) is 0 Å². The van der Waals surface area contributed by atoms with Gasteiger partial charge in [0.15, 0.2) is 10.5 Å². The fourth-order valence-electron chi connectivity index (χ4n) is 5.67. The average molecular weight is 743 g/mol. The molecule has 2 unspecified atom stereocenters. The molecule has 0 saturated carbocycles. The molecular formula is C35H26N4O11S2. The largest absolute Gasteiger partial charge is 0.510 e. The van der Waals surface area contributed by atoms with Crippen molar-refractivity contribution in [3.8, 4) is 0 Å². The Balaban J connectivity index is 1.10. The Bertz CT molecular complexity index is 2320. The summed E-state index contributed by atoms with van der Waals surface area (Å²) in [5, 5.41) is 22.4. The molecule has 52 heavy (non-hydrogen) atoms. The number of allylic oxidation sites excluding steroid dienone is 2. The minimum absolute atomic E-state index is 0.0102. The number of hydrogen-bond donors (Lipinski definition) is 6. The van der Waals surface area contributed by atoms with E-state index in [9.17, 15) is 50.5 Å². The third-order valence-electron chi connectivity index (χ3n) is 7.96. The molecule has 2 atom stereocenters. The summed E-state index contributed by atoms with van der Waals surface area (Å²) in [5.41, 5.74) is 1.41. The van der Waals surface area contributed by atoms with Gasteiger partial charge >= 0.3 is 6.03 Å². The van der Waals surface area contributed by atoms with Gasteiger partial charge in [0.25, 0.3) is 32.1 Å². The summed E-state index contributed by atoms with van der Waals surface area (Å²) in [6.07, 6.45) is 2.00. The molecule has 2 aliphatic rings. The van der Waals surface area contributed by atoms with Crippen LogP contribution in [0.3, 0.4) is 0 Å². The number of aliphatic hydroxyl groups is 2. The summed E-state index contributed by atoms with van der Waals surface area (Å²) in [5.74, 6) is -2.84. The molecule has 0 radical (unpaired) electrons. The van der Waals surface area contributed by atoms with E-state index in [1.807, 2.05) is 0 Å². The van der Waals surface area contributed by atoms with Crippen molar-refractivity contribution in [2.75, 3.05) is 10.6 Å². The molecule has 0 heterocycles. The molecule has 4 amide bonds. The van der Waals surface area contributed by atoms with Gasteiger partial charge in [0.1, 0.15) is 11.5 Å². The van der Waals surface area contributed by atoms with E-state index < -0.39 is 60.1 Å². The van der Waals surface area contributed by atoms with Crippen molar-refractivity contribution >= 4 is 60.9 Å². The molecule has 4 aromatic rings. The fourth-order valence-corrected chi connectivity index (χ4v) is 7.47. The predicted octanol–water partition coefficient (Wildman–Crippen LogP) is 5.36. The number of urea groups is 1. The molecule has 0 aromatic heterocycles. The second-order valence-electron chi connectivity index (χ2n) is 11.4. The number of fused-ring (bicyclic) bond motifs is 2. The molecule has 0 bridgehead atoms. The summed E-state index contributed by atoms with van der Waals surface area (Å²) < 4.78 is 66.6. The first-order valence-corrected chi connectivity index (χ1v) is 18.1. The summed E-state index contributed by atoms with van der Waals surface area (Å²) >= 11 is 0. The van der Waals surface area contributed by atoms with E-state index in [4.69, 9.17) is 0 Å². The molecule has 15 nitrogen and oxygen atoms in total. The lowest BCUT2D eigenvalue weighted by Crippen LogP contribution is -2.23. The molecule has 6 rings (SSSR count). The van der Waals surface area contributed by atoms with Crippen LogP contribution in [0.5, 0.6) is 0 Å². The third-order valence-corrected chi connectivity index (χ3v) is 10.1. The summed E-state index contributed by atoms with van der Waals surface area (Å²) in [4.78, 5) is 46.6. The zero-order valence-electron chi connectivity index (χ0n) is 26.4. The topological polar surface area (TPSA) is 249 Å². The number of carbonyl (C=O) groups is 3. The molecule has 0 fully saturated rings. The van der Waals surface area contributed by atoms with E-state index >= 15 is 0 Å². The number of rotatable bonds is 6. The van der Waals surface area contributed by atoms with Gasteiger partial charge in [0, 0.05) is 45.8 Å². The van der Waals surface area contributed by atoms with Gasteiger partial charge in [-0.2, -0.15) is 16.8 Å². The smallest absolute Gasteiger partial charge is 0.323 e. The first kappa shape index (κ1) is 35.6. The van der Waals surface area contributed by atoms with Crippen LogP contribution in [0.1, 0.15) is 53.5 Å². The number of anilines is 2. The minimum Gasteiger partial charge on any atom is -0.510 e. The Morgan fingerprint density at radius 1 is 0.538 bits per heavy atom. The maximum atomic E-state index is 12.9. The van der Waals surface area contributed by atoms with Gasteiger partial charge in [-0.3, -0.25) is 18.7 Å². The van der Waals surface area contributed by atoms with Crippen LogP contribution in [0, 0.1) is 0 Å². The van der Waals surface area contributed by atoms with E-state index in [0.29, 0.717) is 11.4 Å². The number of amides is 4. The quantitative estimate of drug-likeness (QED) is 0.137. The Hall–Kier alpha value is -6.27. The van der Waals surface area contributed by atoms with Gasteiger partial charge in [0.2, 0.25) is 0 Å². The average Bonchev–Trinajstić information content (AvgIpc) is 3.07. The third kappa shape index (κ3) is 7.42. The van der Waals surface area contributed by atoms with E-state index in [2.05, 4.69) is 20.6 Å². The standard InChI is InChI=1S/C35H26N4O11S2/c40-29-17-27(23-5-1-3-7-25(23)31(29)51(45,46)47)38-33(42)19-9-13-21(14-10-19)36-35(44)37-22-15-11-20(12-16-22)34(43)39-28-18-30(41)32(52(48,49)50)26-8-4-2-6-24(26)28/h1-18,31-32,40-41H,(H2,36,37,44)(H,45,46,47)(H,48,49,50). The molecule has 2 aliphatic carbocycles. The fraction of sp³-hybridized carbons (Fsp3) is 0.0571. The summed E-state index contributed by atoms with van der Waals surface area (Å²) in [7, 11) is -9.40. The van der Waals surface area contributed by atoms with Crippen LogP contribution < -0.4 is 10.6 Å². The van der Waals surface area contributed by atoms with E-state index in [1.165, 1.54) is 84.9 Å². The van der Waals surface area contributed by atoms with E-state index in [0.717, 1.165) is 12.2 Å². The van der Waals surface area contributed by atoms with E-state index in [1.54, 1.807) is 12.1 Å². The Morgan fingerprint density at radius 3 is 1.23 bits per heavy atom. The van der Waals surface area contributed by atoms with Gasteiger partial charge in [-0.15, -0.1) is 0 Å². The highest BCUT2D eigenvalue weighted by Gasteiger charge is 2.37. The van der Waals surface area contributed by atoms with Crippen molar-refractivity contribution in [3.63, 3.8) is 0 Å². The van der Waals surface area contributed by atoms with Crippen LogP contribution in [-0.4, -0.2) is 65.4 Å². The molecule has 0 spiro atoms. The molecule has 6 N–H and O–H groups in total. The molecule has 264 valence electrons. The van der Waals surface area contributed by atoms with Crippen molar-refractivity contribution in [1.82, 2.24) is 0 Å². The van der Waals surface area contributed by atoms with Crippen LogP contribution >= 0.6 is 0 Å². The second-order valence-corrected chi connectivity index (χ2v) is 14.4. The maximum absolute atomic E-state index is 12.9. The van der Waals surface area contributed by atoms with Gasteiger partial charge in [-0.05, 0) is 59.7 Å². The van der Waals surface area contributed by atoms with Crippen molar-refractivity contribution in [2.45, 2.75) is 10.5 Å². The Morgan fingerprint density at radius 2 is 0.885 bits per heavy atom. The zero-order chi connectivity index (χ0) is 37.4. The zero-order valence-corrected chi connectivity index (χ0v) is 28.0. The normalized spacial score (nSPS) is 18.4. The Labute approximate surface area is 295 Å². The second kappa shape index (κ2) is 13.8. The maximum Gasteiger partial charge on any atom is 0.323 e. The summed E-state index contributed by atoms with van der Waals surface area (Å²) in [6.45, 7) is 0. The first-order valence-electron chi connectivity index (χ1n) is 15.1. The number of aliphatic hydroxyl groups excluding tert-OH is 2. The lowest BCUT2D eigenvalue weighted by molar-refractivity contribution is 0.0994. The van der Waals surface area contributed by atoms with Crippen LogP contribution in [0.2, 0.25) is 0 Å². The van der Waals surface area contributed by atoms with Crippen molar-refractivity contribution < 1.29 is 50.5 Å². The SMILES string of the molecule is O=C(Nc1ccc(C(=O)N=C2C=C(O)C(S(=O)(=O)O)c3ccccc32)cc1)Nc1ccc(C(=O)N=C2C=C(O)C(S(=O)(=O)O)c3ccccc32)cc1. The number of hydrogen-bond acceptors (Lipinski definition) is 9. The lowest BCUT2D eigenvalue weighted by atomic mass is 9.93. The first-order chi connectivity index (χ1) is 24.6. The van der Waals surface area contributed by atoms with Crippen molar-refractivity contribution in [3.05, 3.63) is 154 Å². The van der Waals surface area contributed by atoms with Crippen molar-refractivity contribution in [1.29, 1.82) is 0 Å². The molecule has 17 heteroatoms. The highest BCUT2D eigenvalue weighted by Crippen LogP contribution is 2.36. The monoisotopic (exact) mass is 742 g/mol. The molecule has 0 aliphatic heterocycles. The number of nitrogens with one attached hydrogen (secondary N) is 2. The Kier molecular flexibility index (Phi) is 9.44. The van der Waals surface area contributed by atoms with Gasteiger partial charge in [0.05, 0.1) is 11.4 Å². The van der Waals surface area contributed by atoms with Crippen molar-refractivity contribution in [2.24, 2.45) is 9.98 Å². The van der Waals surface area contributed by atoms with Crippen LogP contribution in [-0.2, 0) is 20.2 Å². The highest BCUT2D eigenvalue weighted by molar-refractivity contribution is 7.86. The molecule has 4 aromatic carbocycles. The molecule has 0 saturated heterocycles.